The predicted octanol–water partition coefficient (Wildman–Crippen LogP) is 9.33. The van der Waals surface area contributed by atoms with Crippen LogP contribution in [0.2, 0.25) is 5.02 Å². The van der Waals surface area contributed by atoms with Gasteiger partial charge >= 0.3 is 0 Å². The molecule has 1 aromatic heterocycles. The molecule has 6 aromatic rings. The number of nitrogens with zero attached hydrogens (tertiary/aromatic N) is 1. The number of anilines is 3. The summed E-state index contributed by atoms with van der Waals surface area (Å²) in [4.78, 5) is 2.31. The highest BCUT2D eigenvalue weighted by atomic mass is 35.5. The molecule has 0 radical (unpaired) electrons. The van der Waals surface area contributed by atoms with Crippen molar-refractivity contribution in [3.63, 3.8) is 0 Å². The largest absolute Gasteiger partial charge is 0.310 e. The Balaban J connectivity index is 1.78. The van der Waals surface area contributed by atoms with Crippen molar-refractivity contribution in [1.82, 2.24) is 0 Å². The number of benzene rings is 5. The van der Waals surface area contributed by atoms with Gasteiger partial charge in [0, 0.05) is 36.6 Å². The first kappa shape index (κ1) is 18.4. The second-order valence-electron chi connectivity index (χ2n) is 7.57. The summed E-state index contributed by atoms with van der Waals surface area (Å²) in [5.41, 5.74) is 3.32. The molecule has 0 saturated carbocycles. The maximum atomic E-state index is 6.67. The van der Waals surface area contributed by atoms with E-state index in [-0.39, 0.29) is 0 Å². The molecule has 148 valence electrons. The molecule has 0 aliphatic rings. The molecule has 0 spiro atoms. The van der Waals surface area contributed by atoms with Crippen molar-refractivity contribution in [2.75, 3.05) is 4.90 Å². The van der Waals surface area contributed by atoms with Gasteiger partial charge in [-0.05, 0) is 53.2 Å². The van der Waals surface area contributed by atoms with Crippen molar-refractivity contribution < 1.29 is 0 Å². The summed E-state index contributed by atoms with van der Waals surface area (Å²) in [7, 11) is 0. The molecular formula is C28H18ClNS. The zero-order valence-electron chi connectivity index (χ0n) is 16.6. The van der Waals surface area contributed by atoms with Gasteiger partial charge in [-0.15, -0.1) is 11.3 Å². The smallest absolute Gasteiger partial charge is 0.0569 e. The second kappa shape index (κ2) is 7.42. The van der Waals surface area contributed by atoms with Crippen molar-refractivity contribution in [2.45, 2.75) is 0 Å². The zero-order valence-corrected chi connectivity index (χ0v) is 18.2. The lowest BCUT2D eigenvalue weighted by molar-refractivity contribution is 1.30. The molecule has 0 saturated heterocycles. The number of hydrogen-bond acceptors (Lipinski definition) is 2. The van der Waals surface area contributed by atoms with E-state index in [1.54, 1.807) is 11.3 Å². The van der Waals surface area contributed by atoms with Crippen LogP contribution < -0.4 is 4.90 Å². The molecule has 0 amide bonds. The van der Waals surface area contributed by atoms with Crippen LogP contribution in [-0.2, 0) is 0 Å². The van der Waals surface area contributed by atoms with Crippen LogP contribution in [0.15, 0.2) is 109 Å². The van der Waals surface area contributed by atoms with E-state index in [1.807, 2.05) is 12.1 Å². The average molecular weight is 436 g/mol. The van der Waals surface area contributed by atoms with Crippen LogP contribution in [0.5, 0.6) is 0 Å². The third kappa shape index (κ3) is 3.07. The van der Waals surface area contributed by atoms with Crippen molar-refractivity contribution >= 4 is 70.9 Å². The Morgan fingerprint density at radius 2 is 1.23 bits per heavy atom. The van der Waals surface area contributed by atoms with E-state index in [0.29, 0.717) is 0 Å². The van der Waals surface area contributed by atoms with Crippen LogP contribution in [-0.4, -0.2) is 0 Å². The Kier molecular flexibility index (Phi) is 4.41. The molecule has 0 aliphatic carbocycles. The van der Waals surface area contributed by atoms with Crippen molar-refractivity contribution in [1.29, 1.82) is 0 Å². The quantitative estimate of drug-likeness (QED) is 0.267. The maximum absolute atomic E-state index is 6.67. The topological polar surface area (TPSA) is 3.24 Å². The minimum atomic E-state index is 0.746. The van der Waals surface area contributed by atoms with E-state index in [1.165, 1.54) is 30.9 Å². The number of thiophene rings is 1. The summed E-state index contributed by atoms with van der Waals surface area (Å²) >= 11 is 8.47. The van der Waals surface area contributed by atoms with Gasteiger partial charge in [0.15, 0.2) is 0 Å². The molecule has 6 rings (SSSR count). The first-order valence-corrected chi connectivity index (χ1v) is 11.4. The van der Waals surface area contributed by atoms with Crippen molar-refractivity contribution in [2.24, 2.45) is 0 Å². The highest BCUT2D eigenvalue weighted by Crippen LogP contribution is 2.47. The number of rotatable bonds is 3. The third-order valence-electron chi connectivity index (χ3n) is 5.68. The van der Waals surface area contributed by atoms with Gasteiger partial charge in [-0.25, -0.2) is 0 Å². The Bertz CT molecular complexity index is 1500. The molecule has 0 N–H and O–H groups in total. The molecule has 0 aliphatic heterocycles. The molecule has 0 atom stereocenters. The third-order valence-corrected chi connectivity index (χ3v) is 7.00. The van der Waals surface area contributed by atoms with E-state index in [0.717, 1.165) is 22.1 Å². The van der Waals surface area contributed by atoms with Crippen LogP contribution in [0, 0.1) is 0 Å². The monoisotopic (exact) mass is 435 g/mol. The molecule has 3 heteroatoms. The average Bonchev–Trinajstić information content (AvgIpc) is 3.19. The zero-order chi connectivity index (χ0) is 20.8. The summed E-state index contributed by atoms with van der Waals surface area (Å²) in [6, 6.07) is 38.2. The van der Waals surface area contributed by atoms with Crippen molar-refractivity contribution in [3.05, 3.63) is 114 Å². The van der Waals surface area contributed by atoms with E-state index in [9.17, 15) is 0 Å². The lowest BCUT2D eigenvalue weighted by atomic mass is 10.0. The number of hydrogen-bond donors (Lipinski definition) is 0. The van der Waals surface area contributed by atoms with Crippen molar-refractivity contribution in [3.8, 4) is 0 Å². The van der Waals surface area contributed by atoms with Gasteiger partial charge in [0.2, 0.25) is 0 Å². The summed E-state index contributed by atoms with van der Waals surface area (Å²) in [5.74, 6) is 0. The van der Waals surface area contributed by atoms with Crippen LogP contribution in [0.4, 0.5) is 17.1 Å². The molecule has 5 aromatic carbocycles. The fourth-order valence-electron chi connectivity index (χ4n) is 4.37. The fraction of sp³-hybridized carbons (Fsp3) is 0. The first-order valence-electron chi connectivity index (χ1n) is 10.2. The van der Waals surface area contributed by atoms with Gasteiger partial charge in [0.05, 0.1) is 5.69 Å². The van der Waals surface area contributed by atoms with E-state index >= 15 is 0 Å². The van der Waals surface area contributed by atoms with Crippen LogP contribution in [0.3, 0.4) is 0 Å². The standard InChI is InChI=1S/C28H18ClNS/c29-20-17-24(30(21-10-3-1-4-11-21)22-12-5-2-6-13-22)28-26(18-20)31-25-16-15-19-9-7-8-14-23(19)27(25)28/h1-18H. The molecule has 1 heterocycles. The first-order chi connectivity index (χ1) is 15.3. The Hall–Kier alpha value is -3.33. The lowest BCUT2D eigenvalue weighted by Crippen LogP contribution is -2.10. The lowest BCUT2D eigenvalue weighted by Gasteiger charge is -2.26. The normalized spacial score (nSPS) is 11.4. The van der Waals surface area contributed by atoms with Gasteiger partial charge in [-0.1, -0.05) is 78.3 Å². The molecule has 1 nitrogen and oxygen atoms in total. The van der Waals surface area contributed by atoms with Gasteiger partial charge < -0.3 is 4.90 Å². The van der Waals surface area contributed by atoms with Gasteiger partial charge in [-0.3, -0.25) is 0 Å². The number of fused-ring (bicyclic) bond motifs is 5. The molecular weight excluding hydrogens is 418 g/mol. The molecule has 0 unspecified atom stereocenters. The predicted molar refractivity (Wildman–Crippen MR) is 137 cm³/mol. The van der Waals surface area contributed by atoms with E-state index in [2.05, 4.69) is 102 Å². The fourth-order valence-corrected chi connectivity index (χ4v) is 5.83. The number of halogens is 1. The van der Waals surface area contributed by atoms with Crippen LogP contribution in [0.1, 0.15) is 0 Å². The minimum Gasteiger partial charge on any atom is -0.310 e. The van der Waals surface area contributed by atoms with Crippen LogP contribution in [0.25, 0.3) is 30.9 Å². The number of para-hydroxylation sites is 2. The molecule has 0 fully saturated rings. The highest BCUT2D eigenvalue weighted by Gasteiger charge is 2.20. The van der Waals surface area contributed by atoms with Crippen LogP contribution >= 0.6 is 22.9 Å². The van der Waals surface area contributed by atoms with Gasteiger partial charge in [0.25, 0.3) is 0 Å². The van der Waals surface area contributed by atoms with E-state index < -0.39 is 0 Å². The maximum Gasteiger partial charge on any atom is 0.0569 e. The SMILES string of the molecule is Clc1cc(N(c2ccccc2)c2ccccc2)c2c(c1)sc1ccc3ccccc3c12. The highest BCUT2D eigenvalue weighted by molar-refractivity contribution is 7.26. The molecule has 0 bridgehead atoms. The summed E-state index contributed by atoms with van der Waals surface area (Å²) < 4.78 is 2.48. The molecule has 31 heavy (non-hydrogen) atoms. The Labute approximate surface area is 189 Å². The van der Waals surface area contributed by atoms with Gasteiger partial charge in [-0.2, -0.15) is 0 Å². The Morgan fingerprint density at radius 3 is 1.94 bits per heavy atom. The van der Waals surface area contributed by atoms with Gasteiger partial charge in [0.1, 0.15) is 0 Å². The Morgan fingerprint density at radius 1 is 0.581 bits per heavy atom. The second-order valence-corrected chi connectivity index (χ2v) is 9.09. The minimum absolute atomic E-state index is 0.746. The summed E-state index contributed by atoms with van der Waals surface area (Å²) in [6.45, 7) is 0. The summed E-state index contributed by atoms with van der Waals surface area (Å²) in [5, 5.41) is 5.81. The van der Waals surface area contributed by atoms with E-state index in [4.69, 9.17) is 11.6 Å². The summed E-state index contributed by atoms with van der Waals surface area (Å²) in [6.07, 6.45) is 0.